The normalized spacial score (nSPS) is 31.3. The van der Waals surface area contributed by atoms with E-state index < -0.39 is 0 Å². The van der Waals surface area contributed by atoms with Crippen LogP contribution in [0.3, 0.4) is 0 Å². The van der Waals surface area contributed by atoms with Gasteiger partial charge in [0.25, 0.3) is 0 Å². The highest BCUT2D eigenvalue weighted by Crippen LogP contribution is 2.54. The maximum Gasteiger partial charge on any atom is 0.461 e. The van der Waals surface area contributed by atoms with E-state index in [2.05, 4.69) is 54.7 Å². The van der Waals surface area contributed by atoms with Gasteiger partial charge in [-0.25, -0.2) is 10.9 Å². The van der Waals surface area contributed by atoms with Gasteiger partial charge in [0.05, 0.1) is 17.8 Å². The monoisotopic (exact) mass is 344 g/mol. The lowest BCUT2D eigenvalue weighted by Gasteiger charge is -2.32. The van der Waals surface area contributed by atoms with Gasteiger partial charge in [-0.05, 0) is 69.0 Å². The molecular weight excluding hydrogens is 307 g/mol. The van der Waals surface area contributed by atoms with Crippen LogP contribution in [-0.4, -0.2) is 48.3 Å². The first-order valence-electron chi connectivity index (χ1n) is 9.09. The van der Waals surface area contributed by atoms with Crippen molar-refractivity contribution >= 4 is 18.0 Å². The zero-order valence-electron chi connectivity index (χ0n) is 16.4. The second-order valence-electron chi connectivity index (χ2n) is 9.28. The molecule has 136 valence electrons. The minimum absolute atomic E-state index is 0.0191. The Labute approximate surface area is 146 Å². The molecule has 0 aromatic carbocycles. The zero-order chi connectivity index (χ0) is 17.5. The maximum absolute atomic E-state index is 6.15. The fourth-order valence-electron chi connectivity index (χ4n) is 2.87. The standard InChI is InChI=1S/C18H37BO3S/c1-16(2,3)23(8)12-11-20-10-9-14-13-15(14)19-21-17(4,5)18(6,7)22-19/h14-15,23H,9-13H2,1-8H3. The van der Waals surface area contributed by atoms with Crippen molar-refractivity contribution in [1.82, 2.24) is 0 Å². The summed E-state index contributed by atoms with van der Waals surface area (Å²) in [5, 5.41) is 0. The molecular formula is C18H37BO3S. The molecule has 3 atom stereocenters. The Morgan fingerprint density at radius 3 is 2.17 bits per heavy atom. The van der Waals surface area contributed by atoms with Crippen LogP contribution in [0, 0.1) is 5.92 Å². The Morgan fingerprint density at radius 1 is 1.09 bits per heavy atom. The average molecular weight is 344 g/mol. The first kappa shape index (κ1) is 19.6. The molecule has 2 aliphatic rings. The van der Waals surface area contributed by atoms with Crippen molar-refractivity contribution in [2.45, 2.75) is 83.1 Å². The van der Waals surface area contributed by atoms with Gasteiger partial charge in [-0.1, -0.05) is 20.8 Å². The van der Waals surface area contributed by atoms with Gasteiger partial charge < -0.3 is 14.0 Å². The Kier molecular flexibility index (Phi) is 5.88. The van der Waals surface area contributed by atoms with E-state index in [-0.39, 0.29) is 29.2 Å². The van der Waals surface area contributed by atoms with Crippen LogP contribution in [0.15, 0.2) is 0 Å². The first-order chi connectivity index (χ1) is 10.4. The van der Waals surface area contributed by atoms with E-state index in [0.717, 1.165) is 25.6 Å². The maximum atomic E-state index is 6.15. The van der Waals surface area contributed by atoms with E-state index in [1.54, 1.807) is 0 Å². The van der Waals surface area contributed by atoms with Crippen LogP contribution in [0.1, 0.15) is 61.3 Å². The molecule has 1 aliphatic heterocycles. The molecule has 0 bridgehead atoms. The van der Waals surface area contributed by atoms with Crippen LogP contribution in [-0.2, 0) is 14.0 Å². The molecule has 3 nitrogen and oxygen atoms in total. The minimum Gasteiger partial charge on any atom is -0.403 e. The van der Waals surface area contributed by atoms with Crippen LogP contribution in [0.4, 0.5) is 0 Å². The molecule has 2 rings (SSSR count). The highest BCUT2D eigenvalue weighted by molar-refractivity contribution is 8.17. The van der Waals surface area contributed by atoms with Crippen LogP contribution < -0.4 is 0 Å². The third-order valence-electron chi connectivity index (χ3n) is 5.95. The number of thiol groups is 1. The summed E-state index contributed by atoms with van der Waals surface area (Å²) in [6.45, 7) is 17.3. The lowest BCUT2D eigenvalue weighted by molar-refractivity contribution is 0.00578. The van der Waals surface area contributed by atoms with Crippen molar-refractivity contribution in [3.05, 3.63) is 0 Å². The van der Waals surface area contributed by atoms with Gasteiger partial charge >= 0.3 is 7.12 Å². The summed E-state index contributed by atoms with van der Waals surface area (Å²) in [6, 6.07) is 0. The van der Waals surface area contributed by atoms with E-state index in [1.165, 1.54) is 12.2 Å². The van der Waals surface area contributed by atoms with Gasteiger partial charge in [-0.2, -0.15) is 0 Å². The van der Waals surface area contributed by atoms with Crippen molar-refractivity contribution in [2.75, 3.05) is 25.2 Å². The summed E-state index contributed by atoms with van der Waals surface area (Å²) >= 11 is 0. The molecule has 2 fully saturated rings. The van der Waals surface area contributed by atoms with Crippen LogP contribution >= 0.6 is 10.9 Å². The van der Waals surface area contributed by atoms with Crippen molar-refractivity contribution in [2.24, 2.45) is 5.92 Å². The number of rotatable bonds is 7. The SMILES string of the molecule is C[SH](CCOCCC1CC1B1OC(C)(C)C(C)(C)O1)C(C)(C)C. The molecule has 5 heteroatoms. The lowest BCUT2D eigenvalue weighted by Crippen LogP contribution is -2.41. The second kappa shape index (κ2) is 6.89. The smallest absolute Gasteiger partial charge is 0.403 e. The van der Waals surface area contributed by atoms with E-state index in [1.807, 2.05) is 0 Å². The molecule has 0 aromatic rings. The Hall–Kier alpha value is 0.295. The van der Waals surface area contributed by atoms with Gasteiger partial charge in [0.15, 0.2) is 0 Å². The molecule has 0 amide bonds. The summed E-state index contributed by atoms with van der Waals surface area (Å²) < 4.78 is 18.6. The molecule has 1 saturated heterocycles. The quantitative estimate of drug-likeness (QED) is 0.424. The molecule has 0 radical (unpaired) electrons. The van der Waals surface area contributed by atoms with Gasteiger partial charge in [0, 0.05) is 6.61 Å². The molecule has 0 spiro atoms. The number of ether oxygens (including phenoxy) is 1. The third kappa shape index (κ3) is 4.90. The number of hydrogen-bond acceptors (Lipinski definition) is 3. The second-order valence-corrected chi connectivity index (χ2v) is 12.5. The topological polar surface area (TPSA) is 27.7 Å². The average Bonchev–Trinajstić information content (AvgIpc) is 3.10. The molecule has 0 N–H and O–H groups in total. The third-order valence-corrected chi connectivity index (χ3v) is 9.09. The fraction of sp³-hybridized carbons (Fsp3) is 1.00. The van der Waals surface area contributed by atoms with Gasteiger partial charge in [-0.3, -0.25) is 0 Å². The van der Waals surface area contributed by atoms with Crippen molar-refractivity contribution < 1.29 is 14.0 Å². The molecule has 23 heavy (non-hydrogen) atoms. The van der Waals surface area contributed by atoms with Gasteiger partial charge in [-0.15, -0.1) is 0 Å². The van der Waals surface area contributed by atoms with Gasteiger partial charge in [0.1, 0.15) is 0 Å². The Balaban J connectivity index is 1.60. The van der Waals surface area contributed by atoms with Crippen LogP contribution in [0.2, 0.25) is 5.82 Å². The van der Waals surface area contributed by atoms with Crippen molar-refractivity contribution in [3.63, 3.8) is 0 Å². The Bertz CT molecular complexity index is 390. The Morgan fingerprint density at radius 2 is 1.65 bits per heavy atom. The zero-order valence-corrected chi connectivity index (χ0v) is 17.3. The van der Waals surface area contributed by atoms with Crippen molar-refractivity contribution in [1.29, 1.82) is 0 Å². The summed E-state index contributed by atoms with van der Waals surface area (Å²) in [7, 11) is 0.0402. The van der Waals surface area contributed by atoms with Gasteiger partial charge in [0.2, 0.25) is 0 Å². The largest absolute Gasteiger partial charge is 0.461 e. The van der Waals surface area contributed by atoms with Crippen LogP contribution in [0.25, 0.3) is 0 Å². The van der Waals surface area contributed by atoms with Crippen LogP contribution in [0.5, 0.6) is 0 Å². The molecule has 0 aromatic heterocycles. The molecule has 3 unspecified atom stereocenters. The molecule has 1 saturated carbocycles. The van der Waals surface area contributed by atoms with Crippen molar-refractivity contribution in [3.8, 4) is 0 Å². The summed E-state index contributed by atoms with van der Waals surface area (Å²) in [6.07, 6.45) is 4.75. The molecule has 1 aliphatic carbocycles. The van der Waals surface area contributed by atoms with E-state index in [0.29, 0.717) is 10.6 Å². The summed E-state index contributed by atoms with van der Waals surface area (Å²) in [5.41, 5.74) is -0.404. The summed E-state index contributed by atoms with van der Waals surface area (Å²) in [4.78, 5) is 0. The predicted octanol–water partition coefficient (Wildman–Crippen LogP) is 4.30. The fourth-order valence-corrected chi connectivity index (χ4v) is 3.95. The number of hydrogen-bond donors (Lipinski definition) is 1. The summed E-state index contributed by atoms with van der Waals surface area (Å²) in [5.74, 6) is 2.50. The lowest BCUT2D eigenvalue weighted by atomic mass is 9.80. The van der Waals surface area contributed by atoms with E-state index in [4.69, 9.17) is 14.0 Å². The van der Waals surface area contributed by atoms with E-state index in [9.17, 15) is 0 Å². The highest BCUT2D eigenvalue weighted by atomic mass is 32.2. The predicted molar refractivity (Wildman–Crippen MR) is 103 cm³/mol. The highest BCUT2D eigenvalue weighted by Gasteiger charge is 2.59. The molecule has 1 heterocycles. The van der Waals surface area contributed by atoms with E-state index >= 15 is 0 Å². The first-order valence-corrected chi connectivity index (χ1v) is 11.1. The minimum atomic E-state index is -0.202.